The average molecular weight is 487 g/mol. The second kappa shape index (κ2) is 11.0. The van der Waals surface area contributed by atoms with Crippen molar-refractivity contribution in [2.24, 2.45) is 0 Å². The number of methoxy groups -OCH3 is 2. The summed E-state index contributed by atoms with van der Waals surface area (Å²) in [5.41, 5.74) is 1.58. The van der Waals surface area contributed by atoms with Gasteiger partial charge in [-0.25, -0.2) is 12.8 Å². The van der Waals surface area contributed by atoms with E-state index in [0.29, 0.717) is 17.9 Å². The molecular weight excluding hydrogens is 459 g/mol. The normalized spacial score (nSPS) is 11.1. The number of nitrogens with zero attached hydrogens (tertiary/aromatic N) is 1. The largest absolute Gasteiger partial charge is 0.493 e. The highest BCUT2D eigenvalue weighted by Crippen LogP contribution is 2.28. The number of nitrogens with one attached hydrogen (secondary N) is 1. The van der Waals surface area contributed by atoms with Crippen LogP contribution in [0.15, 0.2) is 71.6 Å². The Kier molecular flexibility index (Phi) is 8.12. The number of ether oxygens (including phenoxy) is 2. The zero-order valence-corrected chi connectivity index (χ0v) is 20.1. The molecule has 0 bridgehead atoms. The van der Waals surface area contributed by atoms with E-state index < -0.39 is 28.3 Å². The molecule has 0 fully saturated rings. The molecule has 0 radical (unpaired) electrons. The van der Waals surface area contributed by atoms with Crippen molar-refractivity contribution in [1.82, 2.24) is 5.32 Å². The number of rotatable bonds is 10. The molecule has 0 unspecified atom stereocenters. The van der Waals surface area contributed by atoms with Gasteiger partial charge in [-0.2, -0.15) is 0 Å². The number of hydrogen-bond donors (Lipinski definition) is 1. The fourth-order valence-corrected chi connectivity index (χ4v) is 4.79. The molecule has 34 heavy (non-hydrogen) atoms. The molecule has 0 aromatic heterocycles. The zero-order chi connectivity index (χ0) is 24.7. The molecule has 0 saturated carbocycles. The van der Waals surface area contributed by atoms with Crippen LogP contribution in [-0.2, 0) is 21.2 Å². The Morgan fingerprint density at radius 2 is 1.65 bits per heavy atom. The lowest BCUT2D eigenvalue weighted by Crippen LogP contribution is -2.41. The van der Waals surface area contributed by atoms with Gasteiger partial charge < -0.3 is 14.8 Å². The van der Waals surface area contributed by atoms with E-state index in [1.54, 1.807) is 31.4 Å². The number of sulfonamides is 1. The van der Waals surface area contributed by atoms with E-state index in [1.807, 2.05) is 13.0 Å². The van der Waals surface area contributed by atoms with E-state index in [0.717, 1.165) is 21.5 Å². The van der Waals surface area contributed by atoms with Crippen LogP contribution in [-0.4, -0.2) is 41.6 Å². The van der Waals surface area contributed by atoms with Crippen molar-refractivity contribution in [3.63, 3.8) is 0 Å². The quantitative estimate of drug-likeness (QED) is 0.472. The molecule has 0 aliphatic heterocycles. The summed E-state index contributed by atoms with van der Waals surface area (Å²) in [4.78, 5) is 12.7. The van der Waals surface area contributed by atoms with Crippen LogP contribution in [0, 0.1) is 12.7 Å². The summed E-state index contributed by atoms with van der Waals surface area (Å²) in [5, 5.41) is 2.71. The van der Waals surface area contributed by atoms with E-state index in [-0.39, 0.29) is 17.1 Å². The van der Waals surface area contributed by atoms with E-state index in [1.165, 1.54) is 37.4 Å². The minimum absolute atomic E-state index is 0.0283. The maximum absolute atomic E-state index is 14.5. The Morgan fingerprint density at radius 1 is 0.971 bits per heavy atom. The van der Waals surface area contributed by atoms with Gasteiger partial charge in [0, 0.05) is 6.54 Å². The van der Waals surface area contributed by atoms with Gasteiger partial charge in [0.05, 0.1) is 24.8 Å². The van der Waals surface area contributed by atoms with Gasteiger partial charge in [0.2, 0.25) is 5.91 Å². The third-order valence-corrected chi connectivity index (χ3v) is 6.98. The summed E-state index contributed by atoms with van der Waals surface area (Å²) in [6, 6.07) is 17.1. The first kappa shape index (κ1) is 25.0. The predicted molar refractivity (Wildman–Crippen MR) is 128 cm³/mol. The van der Waals surface area contributed by atoms with Crippen molar-refractivity contribution in [2.75, 3.05) is 31.6 Å². The van der Waals surface area contributed by atoms with E-state index in [2.05, 4.69) is 5.32 Å². The highest BCUT2D eigenvalue weighted by molar-refractivity contribution is 7.92. The lowest BCUT2D eigenvalue weighted by molar-refractivity contribution is -0.119. The fraction of sp³-hybridized carbons (Fsp3) is 0.240. The van der Waals surface area contributed by atoms with Crippen molar-refractivity contribution >= 4 is 21.6 Å². The van der Waals surface area contributed by atoms with Gasteiger partial charge in [-0.15, -0.1) is 0 Å². The number of anilines is 1. The molecule has 7 nitrogen and oxygen atoms in total. The summed E-state index contributed by atoms with van der Waals surface area (Å²) in [6.45, 7) is 1.52. The van der Waals surface area contributed by atoms with Gasteiger partial charge in [-0.1, -0.05) is 35.9 Å². The van der Waals surface area contributed by atoms with Crippen LogP contribution < -0.4 is 19.1 Å². The third-order valence-electron chi connectivity index (χ3n) is 5.20. The first-order valence-electron chi connectivity index (χ1n) is 10.6. The Morgan fingerprint density at radius 3 is 2.29 bits per heavy atom. The number of amides is 1. The lowest BCUT2D eigenvalue weighted by atomic mass is 10.1. The molecule has 0 atom stereocenters. The highest BCUT2D eigenvalue weighted by Gasteiger charge is 2.29. The second-order valence-electron chi connectivity index (χ2n) is 7.57. The van der Waals surface area contributed by atoms with Gasteiger partial charge >= 0.3 is 0 Å². The van der Waals surface area contributed by atoms with Crippen molar-refractivity contribution in [3.8, 4) is 11.5 Å². The fourth-order valence-electron chi connectivity index (χ4n) is 3.36. The van der Waals surface area contributed by atoms with Gasteiger partial charge in [0.25, 0.3) is 10.0 Å². The molecule has 3 rings (SSSR count). The average Bonchev–Trinajstić information content (AvgIpc) is 2.83. The molecule has 0 heterocycles. The highest BCUT2D eigenvalue weighted by atomic mass is 32.2. The summed E-state index contributed by atoms with van der Waals surface area (Å²) < 4.78 is 52.5. The number of halogens is 1. The van der Waals surface area contributed by atoms with E-state index in [9.17, 15) is 17.6 Å². The number of carbonyl (C=O) groups is 1. The first-order chi connectivity index (χ1) is 16.3. The number of benzene rings is 3. The second-order valence-corrected chi connectivity index (χ2v) is 9.43. The topological polar surface area (TPSA) is 84.9 Å². The van der Waals surface area contributed by atoms with Gasteiger partial charge in [0.1, 0.15) is 12.4 Å². The predicted octanol–water partition coefficient (Wildman–Crippen LogP) is 3.71. The molecule has 0 spiro atoms. The molecule has 9 heteroatoms. The van der Waals surface area contributed by atoms with Crippen LogP contribution in [0.2, 0.25) is 0 Å². The maximum atomic E-state index is 14.5. The smallest absolute Gasteiger partial charge is 0.264 e. The number of aryl methyl sites for hydroxylation is 1. The molecule has 3 aromatic carbocycles. The summed E-state index contributed by atoms with van der Waals surface area (Å²) in [7, 11) is -1.10. The van der Waals surface area contributed by atoms with Crippen molar-refractivity contribution < 1.29 is 27.1 Å². The monoisotopic (exact) mass is 486 g/mol. The van der Waals surface area contributed by atoms with Gasteiger partial charge in [0.15, 0.2) is 11.5 Å². The minimum atomic E-state index is -4.18. The Hall–Kier alpha value is -3.59. The number of para-hydroxylation sites is 1. The molecule has 1 amide bonds. The van der Waals surface area contributed by atoms with Crippen LogP contribution >= 0.6 is 0 Å². The Balaban J connectivity index is 1.76. The van der Waals surface area contributed by atoms with Gasteiger partial charge in [-0.05, 0) is 55.3 Å². The van der Waals surface area contributed by atoms with Crippen LogP contribution in [0.3, 0.4) is 0 Å². The molecule has 0 aliphatic carbocycles. The molecule has 0 saturated heterocycles. The lowest BCUT2D eigenvalue weighted by Gasteiger charge is -2.24. The third kappa shape index (κ3) is 5.85. The van der Waals surface area contributed by atoms with E-state index >= 15 is 0 Å². The first-order valence-corrected chi connectivity index (χ1v) is 12.0. The maximum Gasteiger partial charge on any atom is 0.264 e. The van der Waals surface area contributed by atoms with E-state index in [4.69, 9.17) is 9.47 Å². The van der Waals surface area contributed by atoms with Crippen LogP contribution in [0.5, 0.6) is 11.5 Å². The van der Waals surface area contributed by atoms with Gasteiger partial charge in [-0.3, -0.25) is 9.10 Å². The molecule has 3 aromatic rings. The molecular formula is C25H27FN2O5S. The number of hydrogen-bond acceptors (Lipinski definition) is 5. The van der Waals surface area contributed by atoms with Crippen LogP contribution in [0.4, 0.5) is 10.1 Å². The molecule has 1 N–H and O–H groups in total. The summed E-state index contributed by atoms with van der Waals surface area (Å²) >= 11 is 0. The van der Waals surface area contributed by atoms with Crippen molar-refractivity contribution in [3.05, 3.63) is 83.7 Å². The van der Waals surface area contributed by atoms with Crippen LogP contribution in [0.1, 0.15) is 11.1 Å². The summed E-state index contributed by atoms with van der Waals surface area (Å²) in [5.74, 6) is -0.130. The standard InChI is InChI=1S/C25H27FN2O5S/c1-18-8-11-20(12-9-18)34(30,31)28(22-7-5-4-6-21(22)26)17-25(29)27-15-14-19-10-13-23(32-2)24(16-19)33-3/h4-13,16H,14-15,17H2,1-3H3,(H,27,29). The molecule has 180 valence electrons. The van der Waals surface area contributed by atoms with Crippen LogP contribution in [0.25, 0.3) is 0 Å². The summed E-state index contributed by atoms with van der Waals surface area (Å²) in [6.07, 6.45) is 0.483. The number of carbonyl (C=O) groups excluding carboxylic acids is 1. The molecule has 0 aliphatic rings. The Bertz CT molecular complexity index is 1250. The minimum Gasteiger partial charge on any atom is -0.493 e. The van der Waals surface area contributed by atoms with Crippen molar-refractivity contribution in [1.29, 1.82) is 0 Å². The van der Waals surface area contributed by atoms with Crippen molar-refractivity contribution in [2.45, 2.75) is 18.2 Å². The Labute approximate surface area is 199 Å². The zero-order valence-electron chi connectivity index (χ0n) is 19.2. The SMILES string of the molecule is COc1ccc(CCNC(=O)CN(c2ccccc2F)S(=O)(=O)c2ccc(C)cc2)cc1OC.